The van der Waals surface area contributed by atoms with Crippen molar-refractivity contribution in [3.05, 3.63) is 70.3 Å². The fourth-order valence-electron chi connectivity index (χ4n) is 5.73. The second-order valence-corrected chi connectivity index (χ2v) is 9.69. The first-order valence-corrected chi connectivity index (χ1v) is 11.7. The topological polar surface area (TPSA) is 43.4 Å². The van der Waals surface area contributed by atoms with Gasteiger partial charge in [0, 0.05) is 12.3 Å². The summed E-state index contributed by atoms with van der Waals surface area (Å²) < 4.78 is 6.12. The molecule has 2 unspecified atom stereocenters. The van der Waals surface area contributed by atoms with Crippen molar-refractivity contribution in [2.24, 2.45) is 11.8 Å². The Morgan fingerprint density at radius 1 is 0.903 bits per heavy atom. The van der Waals surface area contributed by atoms with E-state index in [0.717, 1.165) is 48.8 Å². The van der Waals surface area contributed by atoms with Crippen LogP contribution in [0.5, 0.6) is 0 Å². The molecule has 2 aromatic carbocycles. The van der Waals surface area contributed by atoms with Gasteiger partial charge < -0.3 is 4.74 Å². The van der Waals surface area contributed by atoms with E-state index in [1.54, 1.807) is 0 Å². The molecular formula is C28H34O3. The Kier molecular flexibility index (Phi) is 6.71. The number of rotatable bonds is 6. The SMILES string of the molecule is Cc1cc(C)c(C2C(=O)CC(CC3CCC(OCc4ccccc4)CC3)C2=O)c(C)c1. The molecule has 2 aliphatic rings. The Balaban J connectivity index is 1.32. The lowest BCUT2D eigenvalue weighted by molar-refractivity contribution is -0.125. The lowest BCUT2D eigenvalue weighted by Gasteiger charge is -2.29. The second kappa shape index (κ2) is 9.48. The van der Waals surface area contributed by atoms with Crippen molar-refractivity contribution >= 4 is 11.6 Å². The number of ketones is 2. The summed E-state index contributed by atoms with van der Waals surface area (Å²) in [6.07, 6.45) is 5.85. The maximum atomic E-state index is 13.3. The molecule has 3 nitrogen and oxygen atoms in total. The highest BCUT2D eigenvalue weighted by Crippen LogP contribution is 2.41. The average Bonchev–Trinajstić information content (AvgIpc) is 3.01. The molecule has 0 bridgehead atoms. The molecule has 0 heterocycles. The molecular weight excluding hydrogens is 384 g/mol. The molecule has 0 aliphatic heterocycles. The highest BCUT2D eigenvalue weighted by molar-refractivity contribution is 6.15. The van der Waals surface area contributed by atoms with Crippen LogP contribution in [-0.2, 0) is 20.9 Å². The smallest absolute Gasteiger partial charge is 0.151 e. The highest BCUT2D eigenvalue weighted by atomic mass is 16.5. The van der Waals surface area contributed by atoms with Crippen LogP contribution in [-0.4, -0.2) is 17.7 Å². The summed E-state index contributed by atoms with van der Waals surface area (Å²) in [5, 5.41) is 0. The predicted molar refractivity (Wildman–Crippen MR) is 123 cm³/mol. The van der Waals surface area contributed by atoms with Gasteiger partial charge in [-0.1, -0.05) is 48.0 Å². The standard InChI is InChI=1S/C28H34O3/c1-18-13-19(2)26(20(3)14-18)27-25(29)16-23(28(27)30)15-21-9-11-24(12-10-21)31-17-22-7-5-4-6-8-22/h4-8,13-14,21,23-24,27H,9-12,15-17H2,1-3H3. The second-order valence-electron chi connectivity index (χ2n) is 9.69. The van der Waals surface area contributed by atoms with E-state index >= 15 is 0 Å². The third-order valence-corrected chi connectivity index (χ3v) is 7.22. The molecule has 2 fully saturated rings. The zero-order valence-corrected chi connectivity index (χ0v) is 19.0. The predicted octanol–water partition coefficient (Wildman–Crippen LogP) is 6.02. The molecule has 2 atom stereocenters. The Labute approximate surface area is 186 Å². The quantitative estimate of drug-likeness (QED) is 0.539. The number of ether oxygens (including phenoxy) is 1. The van der Waals surface area contributed by atoms with Crippen molar-refractivity contribution in [3.63, 3.8) is 0 Å². The van der Waals surface area contributed by atoms with Crippen molar-refractivity contribution in [2.75, 3.05) is 0 Å². The Morgan fingerprint density at radius 2 is 1.55 bits per heavy atom. The molecule has 0 amide bonds. The number of Topliss-reactive ketones (excluding diaryl/α,β-unsaturated/α-hetero) is 2. The molecule has 164 valence electrons. The van der Waals surface area contributed by atoms with Gasteiger partial charge in [-0.05, 0) is 81.0 Å². The molecule has 3 heteroatoms. The van der Waals surface area contributed by atoms with Crippen LogP contribution < -0.4 is 0 Å². The van der Waals surface area contributed by atoms with Crippen molar-refractivity contribution < 1.29 is 14.3 Å². The molecule has 0 saturated heterocycles. The third-order valence-electron chi connectivity index (χ3n) is 7.22. The van der Waals surface area contributed by atoms with E-state index < -0.39 is 5.92 Å². The van der Waals surface area contributed by atoms with Gasteiger partial charge in [0.2, 0.25) is 0 Å². The lowest BCUT2D eigenvalue weighted by Crippen LogP contribution is -2.24. The van der Waals surface area contributed by atoms with E-state index in [1.807, 2.05) is 32.0 Å². The van der Waals surface area contributed by atoms with Crippen LogP contribution in [0.15, 0.2) is 42.5 Å². The van der Waals surface area contributed by atoms with Gasteiger partial charge in [0.15, 0.2) is 5.78 Å². The van der Waals surface area contributed by atoms with Crippen LogP contribution in [0.4, 0.5) is 0 Å². The normalized spacial score (nSPS) is 26.4. The molecule has 0 spiro atoms. The van der Waals surface area contributed by atoms with E-state index in [2.05, 4.69) is 31.2 Å². The first-order valence-electron chi connectivity index (χ1n) is 11.7. The van der Waals surface area contributed by atoms with Gasteiger partial charge in [-0.3, -0.25) is 9.59 Å². The largest absolute Gasteiger partial charge is 0.374 e. The van der Waals surface area contributed by atoms with Crippen LogP contribution in [0, 0.1) is 32.6 Å². The summed E-state index contributed by atoms with van der Waals surface area (Å²) in [7, 11) is 0. The van der Waals surface area contributed by atoms with Gasteiger partial charge in [0.25, 0.3) is 0 Å². The van der Waals surface area contributed by atoms with Gasteiger partial charge >= 0.3 is 0 Å². The maximum absolute atomic E-state index is 13.3. The first kappa shape index (κ1) is 22.0. The minimum absolute atomic E-state index is 0.107. The number of carbonyl (C=O) groups is 2. The summed E-state index contributed by atoms with van der Waals surface area (Å²) >= 11 is 0. The van der Waals surface area contributed by atoms with Crippen LogP contribution in [0.3, 0.4) is 0 Å². The minimum atomic E-state index is -0.545. The van der Waals surface area contributed by atoms with E-state index in [-0.39, 0.29) is 17.5 Å². The van der Waals surface area contributed by atoms with Crippen molar-refractivity contribution in [1.29, 1.82) is 0 Å². The van der Waals surface area contributed by atoms with Gasteiger partial charge in [-0.25, -0.2) is 0 Å². The molecule has 31 heavy (non-hydrogen) atoms. The fraction of sp³-hybridized carbons (Fsp3) is 0.500. The Hall–Kier alpha value is -2.26. The van der Waals surface area contributed by atoms with E-state index in [9.17, 15) is 9.59 Å². The van der Waals surface area contributed by atoms with Crippen LogP contribution >= 0.6 is 0 Å². The summed E-state index contributed by atoms with van der Waals surface area (Å²) in [6, 6.07) is 14.5. The zero-order chi connectivity index (χ0) is 22.0. The zero-order valence-electron chi connectivity index (χ0n) is 19.0. The number of hydrogen-bond donors (Lipinski definition) is 0. The van der Waals surface area contributed by atoms with Gasteiger partial charge in [-0.15, -0.1) is 0 Å². The Morgan fingerprint density at radius 3 is 2.19 bits per heavy atom. The average molecular weight is 419 g/mol. The van der Waals surface area contributed by atoms with Gasteiger partial charge in [-0.2, -0.15) is 0 Å². The van der Waals surface area contributed by atoms with E-state index in [4.69, 9.17) is 4.74 Å². The lowest BCUT2D eigenvalue weighted by atomic mass is 9.80. The van der Waals surface area contributed by atoms with Gasteiger partial charge in [0.1, 0.15) is 11.7 Å². The Bertz CT molecular complexity index is 915. The third kappa shape index (κ3) is 4.98. The van der Waals surface area contributed by atoms with Crippen molar-refractivity contribution in [2.45, 2.75) is 77.9 Å². The molecule has 4 rings (SSSR count). The molecule has 2 saturated carbocycles. The number of benzene rings is 2. The summed E-state index contributed by atoms with van der Waals surface area (Å²) in [6.45, 7) is 6.79. The van der Waals surface area contributed by atoms with Crippen LogP contribution in [0.25, 0.3) is 0 Å². The number of aryl methyl sites for hydroxylation is 3. The number of hydrogen-bond acceptors (Lipinski definition) is 3. The van der Waals surface area contributed by atoms with Crippen LogP contribution in [0.1, 0.15) is 72.3 Å². The minimum Gasteiger partial charge on any atom is -0.374 e. The monoisotopic (exact) mass is 418 g/mol. The highest BCUT2D eigenvalue weighted by Gasteiger charge is 2.44. The first-order chi connectivity index (χ1) is 14.9. The van der Waals surface area contributed by atoms with Crippen molar-refractivity contribution in [1.82, 2.24) is 0 Å². The fourth-order valence-corrected chi connectivity index (χ4v) is 5.73. The van der Waals surface area contributed by atoms with Gasteiger partial charge in [0.05, 0.1) is 12.7 Å². The maximum Gasteiger partial charge on any atom is 0.151 e. The molecule has 2 aliphatic carbocycles. The molecule has 0 N–H and O–H groups in total. The molecule has 0 radical (unpaired) electrons. The van der Waals surface area contributed by atoms with Crippen LogP contribution in [0.2, 0.25) is 0 Å². The molecule has 0 aromatic heterocycles. The summed E-state index contributed by atoms with van der Waals surface area (Å²) in [4.78, 5) is 26.1. The summed E-state index contributed by atoms with van der Waals surface area (Å²) in [5.74, 6) is 0.144. The summed E-state index contributed by atoms with van der Waals surface area (Å²) in [5.41, 5.74) is 5.50. The van der Waals surface area contributed by atoms with Crippen molar-refractivity contribution in [3.8, 4) is 0 Å². The number of carbonyl (C=O) groups excluding carboxylic acids is 2. The molecule has 2 aromatic rings. The van der Waals surface area contributed by atoms with E-state index in [1.165, 1.54) is 11.1 Å². The van der Waals surface area contributed by atoms with E-state index in [0.29, 0.717) is 25.0 Å².